The maximum Gasteiger partial charge on any atom is 0.151 e. The highest BCUT2D eigenvalue weighted by molar-refractivity contribution is 7.71. The van der Waals surface area contributed by atoms with Gasteiger partial charge in [-0.2, -0.15) is 0 Å². The summed E-state index contributed by atoms with van der Waals surface area (Å²) in [6.07, 6.45) is 1.67. The zero-order valence-electron chi connectivity index (χ0n) is 7.92. The molecule has 0 bridgehead atoms. The van der Waals surface area contributed by atoms with Crippen molar-refractivity contribution < 1.29 is 8.78 Å². The number of hydrogen-bond donors (Lipinski definition) is 1. The van der Waals surface area contributed by atoms with Gasteiger partial charge >= 0.3 is 0 Å². The number of halogens is 2. The molecule has 5 heteroatoms. The Labute approximate surface area is 90.2 Å². The summed E-state index contributed by atoms with van der Waals surface area (Å²) >= 11 is 4.97. The van der Waals surface area contributed by atoms with Crippen molar-refractivity contribution in [2.24, 2.45) is 0 Å². The lowest BCUT2D eigenvalue weighted by Crippen LogP contribution is -1.98. The standard InChI is InChI=1S/C10H8F2N2S/c1-6-5-14(13-10(6)15)9-3-2-7(11)4-8(9)12/h2-5H,1H3,(H,13,15). The van der Waals surface area contributed by atoms with Crippen LogP contribution in [-0.2, 0) is 0 Å². The third kappa shape index (κ3) is 1.83. The van der Waals surface area contributed by atoms with Gasteiger partial charge in [-0.3, -0.25) is 9.78 Å². The Bertz CT molecular complexity index is 557. The predicted molar refractivity (Wildman–Crippen MR) is 55.6 cm³/mol. The first-order chi connectivity index (χ1) is 7.08. The van der Waals surface area contributed by atoms with Crippen LogP contribution in [0.5, 0.6) is 0 Å². The Balaban J connectivity index is 2.59. The first-order valence-electron chi connectivity index (χ1n) is 4.31. The maximum atomic E-state index is 13.4. The molecule has 1 aromatic heterocycles. The minimum Gasteiger partial charge on any atom is -0.284 e. The van der Waals surface area contributed by atoms with Crippen molar-refractivity contribution in [1.82, 2.24) is 9.78 Å². The molecular weight excluding hydrogens is 218 g/mol. The van der Waals surface area contributed by atoms with Crippen molar-refractivity contribution in [2.75, 3.05) is 0 Å². The largest absolute Gasteiger partial charge is 0.284 e. The molecule has 2 nitrogen and oxygen atoms in total. The Morgan fingerprint density at radius 1 is 1.33 bits per heavy atom. The fourth-order valence-electron chi connectivity index (χ4n) is 1.29. The lowest BCUT2D eigenvalue weighted by molar-refractivity contribution is 0.573. The van der Waals surface area contributed by atoms with Crippen LogP contribution in [0.4, 0.5) is 8.78 Å². The highest BCUT2D eigenvalue weighted by atomic mass is 32.1. The average Bonchev–Trinajstić information content (AvgIpc) is 2.46. The summed E-state index contributed by atoms with van der Waals surface area (Å²) in [5, 5.41) is 2.79. The molecule has 0 amide bonds. The lowest BCUT2D eigenvalue weighted by Gasteiger charge is -2.03. The van der Waals surface area contributed by atoms with Gasteiger partial charge in [0.05, 0.1) is 5.69 Å². The number of benzene rings is 1. The van der Waals surface area contributed by atoms with Crippen LogP contribution in [0, 0.1) is 23.2 Å². The van der Waals surface area contributed by atoms with E-state index in [9.17, 15) is 8.78 Å². The molecule has 1 aromatic carbocycles. The molecule has 0 saturated carbocycles. The molecule has 0 spiro atoms. The molecule has 0 aliphatic rings. The molecule has 15 heavy (non-hydrogen) atoms. The van der Waals surface area contributed by atoms with E-state index in [1.165, 1.54) is 16.8 Å². The van der Waals surface area contributed by atoms with Crippen molar-refractivity contribution in [3.05, 3.63) is 46.2 Å². The number of rotatable bonds is 1. The minimum absolute atomic E-state index is 0.246. The van der Waals surface area contributed by atoms with Gasteiger partial charge in [0.1, 0.15) is 10.5 Å². The third-order valence-electron chi connectivity index (χ3n) is 2.07. The molecular formula is C10H8F2N2S. The van der Waals surface area contributed by atoms with Gasteiger partial charge in [-0.1, -0.05) is 12.2 Å². The van der Waals surface area contributed by atoms with Crippen molar-refractivity contribution in [2.45, 2.75) is 6.92 Å². The molecule has 0 atom stereocenters. The van der Waals surface area contributed by atoms with Crippen LogP contribution < -0.4 is 0 Å². The number of nitrogens with zero attached hydrogens (tertiary/aromatic N) is 1. The van der Waals surface area contributed by atoms with Gasteiger partial charge in [-0.05, 0) is 19.1 Å². The maximum absolute atomic E-state index is 13.4. The highest BCUT2D eigenvalue weighted by Gasteiger charge is 2.06. The predicted octanol–water partition coefficient (Wildman–Crippen LogP) is 3.12. The Hall–Kier alpha value is -1.49. The van der Waals surface area contributed by atoms with Crippen molar-refractivity contribution >= 4 is 12.2 Å². The van der Waals surface area contributed by atoms with Crippen LogP contribution in [0.25, 0.3) is 5.69 Å². The summed E-state index contributed by atoms with van der Waals surface area (Å²) in [5.74, 6) is -1.23. The first kappa shape index (κ1) is 10.0. The fraction of sp³-hybridized carbons (Fsp3) is 0.100. The van der Waals surface area contributed by atoms with E-state index in [4.69, 9.17) is 12.2 Å². The number of aromatic amines is 1. The number of H-pyrrole nitrogens is 1. The van der Waals surface area contributed by atoms with E-state index in [1.807, 2.05) is 6.92 Å². The third-order valence-corrected chi connectivity index (χ3v) is 2.49. The van der Waals surface area contributed by atoms with E-state index in [0.717, 1.165) is 11.6 Å². The molecule has 2 aromatic rings. The van der Waals surface area contributed by atoms with Crippen molar-refractivity contribution in [1.29, 1.82) is 0 Å². The molecule has 0 aliphatic carbocycles. The van der Waals surface area contributed by atoms with Gasteiger partial charge in [0.2, 0.25) is 0 Å². The number of nitrogens with one attached hydrogen (secondary N) is 1. The molecule has 0 radical (unpaired) electrons. The van der Waals surface area contributed by atoms with Crippen molar-refractivity contribution in [3.8, 4) is 5.69 Å². The Morgan fingerprint density at radius 3 is 2.60 bits per heavy atom. The van der Waals surface area contributed by atoms with Crippen molar-refractivity contribution in [3.63, 3.8) is 0 Å². The van der Waals surface area contributed by atoms with E-state index in [-0.39, 0.29) is 5.69 Å². The summed E-state index contributed by atoms with van der Waals surface area (Å²) in [7, 11) is 0. The Kier molecular flexibility index (Phi) is 2.40. The summed E-state index contributed by atoms with van der Waals surface area (Å²) in [5.41, 5.74) is 1.09. The molecule has 78 valence electrons. The zero-order chi connectivity index (χ0) is 11.0. The second kappa shape index (κ2) is 3.58. The molecule has 1 heterocycles. The van der Waals surface area contributed by atoms with E-state index in [1.54, 1.807) is 6.20 Å². The topological polar surface area (TPSA) is 20.7 Å². The second-order valence-corrected chi connectivity index (χ2v) is 3.63. The molecule has 1 N–H and O–H groups in total. The summed E-state index contributed by atoms with van der Waals surface area (Å²) < 4.78 is 28.0. The quantitative estimate of drug-likeness (QED) is 0.741. The van der Waals surface area contributed by atoms with Gasteiger partial charge in [0, 0.05) is 17.8 Å². The van der Waals surface area contributed by atoms with E-state index >= 15 is 0 Å². The highest BCUT2D eigenvalue weighted by Crippen LogP contribution is 2.14. The van der Waals surface area contributed by atoms with E-state index in [0.29, 0.717) is 4.64 Å². The molecule has 0 unspecified atom stereocenters. The Morgan fingerprint density at radius 2 is 2.07 bits per heavy atom. The summed E-state index contributed by atoms with van der Waals surface area (Å²) in [6.45, 7) is 1.82. The normalized spacial score (nSPS) is 10.6. The van der Waals surface area contributed by atoms with Gasteiger partial charge in [-0.25, -0.2) is 8.78 Å². The van der Waals surface area contributed by atoms with Crippen LogP contribution >= 0.6 is 12.2 Å². The minimum atomic E-state index is -0.628. The van der Waals surface area contributed by atoms with E-state index in [2.05, 4.69) is 5.10 Å². The SMILES string of the molecule is Cc1cn(-c2ccc(F)cc2F)[nH]c1=S. The number of aromatic nitrogens is 2. The average molecular weight is 226 g/mol. The van der Waals surface area contributed by atoms with Crippen LogP contribution in [0.15, 0.2) is 24.4 Å². The van der Waals surface area contributed by atoms with Gasteiger partial charge < -0.3 is 0 Å². The number of hydrogen-bond acceptors (Lipinski definition) is 1. The second-order valence-electron chi connectivity index (χ2n) is 3.22. The zero-order valence-corrected chi connectivity index (χ0v) is 8.74. The molecule has 0 saturated heterocycles. The smallest absolute Gasteiger partial charge is 0.151 e. The van der Waals surface area contributed by atoms with Crippen LogP contribution in [0.1, 0.15) is 5.56 Å². The summed E-state index contributed by atoms with van der Waals surface area (Å²) in [6, 6.07) is 3.39. The number of aryl methyl sites for hydroxylation is 1. The van der Waals surface area contributed by atoms with Crippen LogP contribution in [-0.4, -0.2) is 9.78 Å². The lowest BCUT2D eigenvalue weighted by atomic mass is 10.3. The van der Waals surface area contributed by atoms with Crippen LogP contribution in [0.3, 0.4) is 0 Å². The molecule has 0 aliphatic heterocycles. The molecule has 2 rings (SSSR count). The first-order valence-corrected chi connectivity index (χ1v) is 4.72. The fourth-order valence-corrected chi connectivity index (χ4v) is 1.44. The summed E-state index contributed by atoms with van der Waals surface area (Å²) in [4.78, 5) is 0. The van der Waals surface area contributed by atoms with Gasteiger partial charge in [0.15, 0.2) is 5.82 Å². The van der Waals surface area contributed by atoms with E-state index < -0.39 is 11.6 Å². The van der Waals surface area contributed by atoms with Crippen LogP contribution in [0.2, 0.25) is 0 Å². The molecule has 0 fully saturated rings. The van der Waals surface area contributed by atoms with Gasteiger partial charge in [-0.15, -0.1) is 0 Å². The monoisotopic (exact) mass is 226 g/mol. The van der Waals surface area contributed by atoms with Gasteiger partial charge in [0.25, 0.3) is 0 Å².